The van der Waals surface area contributed by atoms with Crippen LogP contribution in [-0.4, -0.2) is 31.7 Å². The van der Waals surface area contributed by atoms with Crippen LogP contribution in [-0.2, 0) is 14.6 Å². The number of Topliss-reactive ketones (excluding diaryl/α,β-unsaturated/α-hetero) is 1. The molecule has 1 heterocycles. The van der Waals surface area contributed by atoms with E-state index in [2.05, 4.69) is 0 Å². The van der Waals surface area contributed by atoms with Crippen LogP contribution in [0.15, 0.2) is 0 Å². The van der Waals surface area contributed by atoms with E-state index < -0.39 is 9.84 Å². The molecule has 13 heavy (non-hydrogen) atoms. The molecule has 4 nitrogen and oxygen atoms in total. The van der Waals surface area contributed by atoms with E-state index in [0.29, 0.717) is 12.8 Å². The van der Waals surface area contributed by atoms with E-state index in [-0.39, 0.29) is 29.2 Å². The van der Waals surface area contributed by atoms with Crippen LogP contribution in [0.1, 0.15) is 19.8 Å². The molecule has 5 heteroatoms. The van der Waals surface area contributed by atoms with Crippen LogP contribution >= 0.6 is 0 Å². The van der Waals surface area contributed by atoms with Crippen molar-refractivity contribution in [2.45, 2.75) is 25.8 Å². The minimum absolute atomic E-state index is 0.0327. The summed E-state index contributed by atoms with van der Waals surface area (Å²) in [6, 6.07) is -0.359. The van der Waals surface area contributed by atoms with E-state index in [1.807, 2.05) is 0 Å². The fourth-order valence-electron chi connectivity index (χ4n) is 1.68. The predicted octanol–water partition coefficient (Wildman–Crippen LogP) is -0.272. The predicted molar refractivity (Wildman–Crippen MR) is 50.0 cm³/mol. The smallest absolute Gasteiger partial charge is 0.151 e. The number of nitrogens with two attached hydrogens (primary N) is 1. The van der Waals surface area contributed by atoms with Gasteiger partial charge in [0.25, 0.3) is 0 Å². The van der Waals surface area contributed by atoms with Gasteiger partial charge in [0, 0.05) is 12.5 Å². The van der Waals surface area contributed by atoms with Crippen LogP contribution in [0.3, 0.4) is 0 Å². The van der Waals surface area contributed by atoms with Crippen LogP contribution in [0.4, 0.5) is 0 Å². The molecule has 0 aromatic heterocycles. The average Bonchev–Trinajstić information content (AvgIpc) is 1.93. The monoisotopic (exact) mass is 205 g/mol. The molecule has 76 valence electrons. The zero-order valence-corrected chi connectivity index (χ0v) is 8.51. The summed E-state index contributed by atoms with van der Waals surface area (Å²) in [5, 5.41) is 0. The number of hydrogen-bond acceptors (Lipinski definition) is 4. The quantitative estimate of drug-likeness (QED) is 0.673. The fourth-order valence-corrected chi connectivity index (χ4v) is 3.37. The maximum Gasteiger partial charge on any atom is 0.151 e. The minimum atomic E-state index is -2.94. The SMILES string of the molecule is CC(=O)CC1CCS(=O)(=O)CC1N. The summed E-state index contributed by atoms with van der Waals surface area (Å²) >= 11 is 0. The third-order valence-corrected chi connectivity index (χ3v) is 4.15. The standard InChI is InChI=1S/C8H15NO3S/c1-6(10)4-7-2-3-13(11,12)5-8(7)9/h7-8H,2-5,9H2,1H3. The van der Waals surface area contributed by atoms with Gasteiger partial charge in [-0.3, -0.25) is 0 Å². The molecule has 1 rings (SSSR count). The zero-order valence-electron chi connectivity index (χ0n) is 7.69. The third-order valence-electron chi connectivity index (χ3n) is 2.40. The molecule has 1 aliphatic heterocycles. The summed E-state index contributed by atoms with van der Waals surface area (Å²) < 4.78 is 22.3. The molecule has 0 aromatic rings. The molecule has 1 aliphatic rings. The van der Waals surface area contributed by atoms with Crippen molar-refractivity contribution in [3.05, 3.63) is 0 Å². The number of sulfone groups is 1. The Morgan fingerprint density at radius 2 is 2.15 bits per heavy atom. The summed E-state index contributed by atoms with van der Waals surface area (Å²) in [5.74, 6) is 0.352. The molecule has 0 radical (unpaired) electrons. The second-order valence-electron chi connectivity index (χ2n) is 3.73. The lowest BCUT2D eigenvalue weighted by Crippen LogP contribution is -2.43. The Balaban J connectivity index is 2.59. The van der Waals surface area contributed by atoms with Crippen LogP contribution in [0.2, 0.25) is 0 Å². The van der Waals surface area contributed by atoms with Gasteiger partial charge < -0.3 is 10.5 Å². The average molecular weight is 205 g/mol. The van der Waals surface area contributed by atoms with Gasteiger partial charge in [-0.2, -0.15) is 0 Å². The number of carbonyl (C=O) groups is 1. The molecule has 0 saturated carbocycles. The van der Waals surface area contributed by atoms with E-state index in [0.717, 1.165) is 0 Å². The van der Waals surface area contributed by atoms with Crippen molar-refractivity contribution in [3.8, 4) is 0 Å². The molecule has 0 amide bonds. The van der Waals surface area contributed by atoms with E-state index >= 15 is 0 Å². The third kappa shape index (κ3) is 3.08. The Labute approximate surface area is 78.4 Å². The van der Waals surface area contributed by atoms with Gasteiger partial charge in [-0.1, -0.05) is 0 Å². The lowest BCUT2D eigenvalue weighted by molar-refractivity contribution is -0.118. The first-order chi connectivity index (χ1) is 5.91. The molecule has 0 aliphatic carbocycles. The summed E-state index contributed by atoms with van der Waals surface area (Å²) in [5.41, 5.74) is 5.67. The summed E-state index contributed by atoms with van der Waals surface area (Å²) in [7, 11) is -2.94. The van der Waals surface area contributed by atoms with E-state index in [1.165, 1.54) is 6.92 Å². The van der Waals surface area contributed by atoms with E-state index in [4.69, 9.17) is 5.73 Å². The lowest BCUT2D eigenvalue weighted by Gasteiger charge is -2.27. The second-order valence-corrected chi connectivity index (χ2v) is 5.96. The van der Waals surface area contributed by atoms with Crippen molar-refractivity contribution in [3.63, 3.8) is 0 Å². The highest BCUT2D eigenvalue weighted by atomic mass is 32.2. The van der Waals surface area contributed by atoms with Gasteiger partial charge in [-0.15, -0.1) is 0 Å². The second kappa shape index (κ2) is 3.75. The summed E-state index contributed by atoms with van der Waals surface area (Å²) in [6.07, 6.45) is 0.944. The van der Waals surface area contributed by atoms with E-state index in [9.17, 15) is 13.2 Å². The Morgan fingerprint density at radius 3 is 2.62 bits per heavy atom. The summed E-state index contributed by atoms with van der Waals surface area (Å²) in [4.78, 5) is 10.8. The maximum absolute atomic E-state index is 11.1. The number of hydrogen-bond donors (Lipinski definition) is 1. The molecule has 1 fully saturated rings. The Bertz CT molecular complexity index is 297. The molecule has 2 N–H and O–H groups in total. The van der Waals surface area contributed by atoms with Crippen molar-refractivity contribution >= 4 is 15.6 Å². The van der Waals surface area contributed by atoms with Crippen LogP contribution in [0, 0.1) is 5.92 Å². The van der Waals surface area contributed by atoms with Gasteiger partial charge in [-0.25, -0.2) is 8.42 Å². The van der Waals surface area contributed by atoms with E-state index in [1.54, 1.807) is 0 Å². The lowest BCUT2D eigenvalue weighted by atomic mass is 9.93. The fraction of sp³-hybridized carbons (Fsp3) is 0.875. The molecular weight excluding hydrogens is 190 g/mol. The first-order valence-corrected chi connectivity index (χ1v) is 6.18. The van der Waals surface area contributed by atoms with Gasteiger partial charge in [0.2, 0.25) is 0 Å². The molecule has 2 unspecified atom stereocenters. The molecule has 0 bridgehead atoms. The highest BCUT2D eigenvalue weighted by molar-refractivity contribution is 7.91. The number of rotatable bonds is 2. The van der Waals surface area contributed by atoms with Gasteiger partial charge >= 0.3 is 0 Å². The Hall–Kier alpha value is -0.420. The number of carbonyl (C=O) groups excluding carboxylic acids is 1. The van der Waals surface area contributed by atoms with Crippen LogP contribution < -0.4 is 5.73 Å². The topological polar surface area (TPSA) is 77.2 Å². The van der Waals surface area contributed by atoms with Gasteiger partial charge in [0.1, 0.15) is 5.78 Å². The molecular formula is C8H15NO3S. The molecule has 1 saturated heterocycles. The van der Waals surface area contributed by atoms with Gasteiger partial charge in [0.15, 0.2) is 9.84 Å². The van der Waals surface area contributed by atoms with Crippen molar-refractivity contribution in [1.29, 1.82) is 0 Å². The maximum atomic E-state index is 11.1. The normalized spacial score (nSPS) is 32.8. The Morgan fingerprint density at radius 1 is 1.54 bits per heavy atom. The molecule has 0 spiro atoms. The Kier molecular flexibility index (Phi) is 3.08. The van der Waals surface area contributed by atoms with Crippen molar-refractivity contribution in [2.24, 2.45) is 11.7 Å². The summed E-state index contributed by atoms with van der Waals surface area (Å²) in [6.45, 7) is 1.51. The largest absolute Gasteiger partial charge is 0.327 e. The van der Waals surface area contributed by atoms with Crippen LogP contribution in [0.5, 0.6) is 0 Å². The zero-order chi connectivity index (χ0) is 10.1. The van der Waals surface area contributed by atoms with Gasteiger partial charge in [0.05, 0.1) is 11.5 Å². The highest BCUT2D eigenvalue weighted by Crippen LogP contribution is 2.21. The van der Waals surface area contributed by atoms with Crippen molar-refractivity contribution in [2.75, 3.05) is 11.5 Å². The van der Waals surface area contributed by atoms with Gasteiger partial charge in [-0.05, 0) is 19.3 Å². The first-order valence-electron chi connectivity index (χ1n) is 4.36. The molecule has 0 aromatic carbocycles. The number of ketones is 1. The van der Waals surface area contributed by atoms with Crippen molar-refractivity contribution in [1.82, 2.24) is 0 Å². The van der Waals surface area contributed by atoms with Crippen molar-refractivity contribution < 1.29 is 13.2 Å². The van der Waals surface area contributed by atoms with Crippen LogP contribution in [0.25, 0.3) is 0 Å². The highest BCUT2D eigenvalue weighted by Gasteiger charge is 2.30. The minimum Gasteiger partial charge on any atom is -0.327 e. The first kappa shape index (κ1) is 10.7. The molecule has 2 atom stereocenters.